The molecule has 7 heteroatoms. The van der Waals surface area contributed by atoms with Crippen molar-refractivity contribution in [1.29, 1.82) is 0 Å². The van der Waals surface area contributed by atoms with Crippen LogP contribution in [0.5, 0.6) is 0 Å². The van der Waals surface area contributed by atoms with Gasteiger partial charge in [-0.25, -0.2) is 20.8 Å². The normalized spacial score (nSPS) is 10.9. The average Bonchev–Trinajstić information content (AvgIpc) is 2.75. The van der Waals surface area contributed by atoms with E-state index in [0.717, 1.165) is 17.3 Å². The van der Waals surface area contributed by atoms with E-state index < -0.39 is 0 Å². The van der Waals surface area contributed by atoms with Gasteiger partial charge in [-0.15, -0.1) is 0 Å². The number of hydrogen-bond donors (Lipinski definition) is 3. The third-order valence-corrected chi connectivity index (χ3v) is 2.90. The Kier molecular flexibility index (Phi) is 4.19. The highest BCUT2D eigenvalue weighted by Crippen LogP contribution is 2.17. The van der Waals surface area contributed by atoms with Crippen molar-refractivity contribution < 1.29 is 4.42 Å². The molecule has 0 unspecified atom stereocenters. The van der Waals surface area contributed by atoms with Crippen LogP contribution in [-0.2, 0) is 6.54 Å². The predicted octanol–water partition coefficient (Wildman–Crippen LogP) is 2.10. The summed E-state index contributed by atoms with van der Waals surface area (Å²) in [6.45, 7) is 8.33. The van der Waals surface area contributed by atoms with E-state index in [2.05, 4.69) is 25.7 Å². The maximum absolute atomic E-state index is 5.51. The number of nitrogen functional groups attached to an aromatic ring is 1. The Morgan fingerprint density at radius 1 is 1.20 bits per heavy atom. The second-order valence-electron chi connectivity index (χ2n) is 4.90. The molecule has 2 heterocycles. The maximum atomic E-state index is 5.51. The van der Waals surface area contributed by atoms with Crippen LogP contribution in [0.3, 0.4) is 0 Å². The molecule has 0 aliphatic heterocycles. The average molecular weight is 276 g/mol. The van der Waals surface area contributed by atoms with Crippen LogP contribution in [0, 0.1) is 13.8 Å². The van der Waals surface area contributed by atoms with Crippen molar-refractivity contribution in [1.82, 2.24) is 15.0 Å². The van der Waals surface area contributed by atoms with Crippen LogP contribution in [0.4, 0.5) is 11.6 Å². The number of nitrogens with one attached hydrogen (secondary N) is 2. The van der Waals surface area contributed by atoms with E-state index >= 15 is 0 Å². The first kappa shape index (κ1) is 14.3. The molecule has 0 saturated heterocycles. The molecule has 0 spiro atoms. The van der Waals surface area contributed by atoms with Gasteiger partial charge in [-0.3, -0.25) is 0 Å². The topological polar surface area (TPSA) is 102 Å². The fourth-order valence-corrected chi connectivity index (χ4v) is 1.67. The summed E-state index contributed by atoms with van der Waals surface area (Å²) in [6, 6.07) is 1.74. The zero-order valence-corrected chi connectivity index (χ0v) is 12.2. The first-order valence-electron chi connectivity index (χ1n) is 6.52. The maximum Gasteiger partial charge on any atom is 0.213 e. The number of hydrazine groups is 1. The standard InChI is InChI=1S/C13H20N6O/c1-7(2)13-17-10(5-11(18-13)19-14)15-6-12-16-8(3)9(4)20-12/h5,7H,6,14H2,1-4H3,(H2,15,17,18,19). The van der Waals surface area contributed by atoms with Gasteiger partial charge in [0.05, 0.1) is 12.2 Å². The quantitative estimate of drug-likeness (QED) is 0.567. The molecule has 2 rings (SSSR count). The molecule has 0 aromatic carbocycles. The second-order valence-corrected chi connectivity index (χ2v) is 4.90. The summed E-state index contributed by atoms with van der Waals surface area (Å²) in [5, 5.41) is 3.17. The molecule has 0 amide bonds. The monoisotopic (exact) mass is 276 g/mol. The van der Waals surface area contributed by atoms with Crippen molar-refractivity contribution in [3.8, 4) is 0 Å². The van der Waals surface area contributed by atoms with Crippen LogP contribution >= 0.6 is 0 Å². The third kappa shape index (κ3) is 3.24. The summed E-state index contributed by atoms with van der Waals surface area (Å²) in [7, 11) is 0. The Labute approximate surface area is 118 Å². The molecule has 0 aliphatic rings. The minimum atomic E-state index is 0.218. The van der Waals surface area contributed by atoms with Gasteiger partial charge in [-0.05, 0) is 13.8 Å². The van der Waals surface area contributed by atoms with Gasteiger partial charge in [0.1, 0.15) is 23.2 Å². The summed E-state index contributed by atoms with van der Waals surface area (Å²) in [4.78, 5) is 13.0. The van der Waals surface area contributed by atoms with Crippen LogP contribution in [0.1, 0.15) is 42.9 Å². The van der Waals surface area contributed by atoms with Gasteiger partial charge in [0, 0.05) is 12.0 Å². The van der Waals surface area contributed by atoms with Crippen molar-refractivity contribution in [2.45, 2.75) is 40.2 Å². The fraction of sp³-hybridized carbons (Fsp3) is 0.462. The van der Waals surface area contributed by atoms with E-state index in [9.17, 15) is 0 Å². The molecule has 7 nitrogen and oxygen atoms in total. The lowest BCUT2D eigenvalue weighted by Crippen LogP contribution is -2.13. The second kappa shape index (κ2) is 5.87. The van der Waals surface area contributed by atoms with Gasteiger partial charge in [0.2, 0.25) is 5.89 Å². The first-order valence-corrected chi connectivity index (χ1v) is 6.52. The van der Waals surface area contributed by atoms with Gasteiger partial charge in [0.15, 0.2) is 0 Å². The summed E-state index contributed by atoms with van der Waals surface area (Å²) >= 11 is 0. The SMILES string of the molecule is Cc1nc(CNc2cc(NN)nc(C(C)C)n2)oc1C. The lowest BCUT2D eigenvalue weighted by Gasteiger charge is -2.10. The molecule has 20 heavy (non-hydrogen) atoms. The van der Waals surface area contributed by atoms with Gasteiger partial charge >= 0.3 is 0 Å². The van der Waals surface area contributed by atoms with Crippen molar-refractivity contribution in [3.05, 3.63) is 29.2 Å². The number of nitrogens with two attached hydrogens (primary N) is 1. The Morgan fingerprint density at radius 3 is 2.45 bits per heavy atom. The Bertz CT molecular complexity index is 573. The van der Waals surface area contributed by atoms with Gasteiger partial charge < -0.3 is 15.2 Å². The van der Waals surface area contributed by atoms with Crippen LogP contribution in [0.25, 0.3) is 0 Å². The Balaban J connectivity index is 2.14. The summed E-state index contributed by atoms with van der Waals surface area (Å²) in [5.74, 6) is 9.08. The van der Waals surface area contributed by atoms with Crippen LogP contribution in [0.2, 0.25) is 0 Å². The van der Waals surface area contributed by atoms with E-state index in [0.29, 0.717) is 24.1 Å². The number of rotatable bonds is 5. The van der Waals surface area contributed by atoms with E-state index in [-0.39, 0.29) is 5.92 Å². The molecule has 108 valence electrons. The van der Waals surface area contributed by atoms with Crippen molar-refractivity contribution in [3.63, 3.8) is 0 Å². The molecule has 0 bridgehead atoms. The van der Waals surface area contributed by atoms with E-state index in [4.69, 9.17) is 10.3 Å². The summed E-state index contributed by atoms with van der Waals surface area (Å²) in [5.41, 5.74) is 3.44. The molecule has 0 radical (unpaired) electrons. The molecule has 0 fully saturated rings. The number of nitrogens with zero attached hydrogens (tertiary/aromatic N) is 3. The predicted molar refractivity (Wildman–Crippen MR) is 77.2 cm³/mol. The van der Waals surface area contributed by atoms with Gasteiger partial charge in [-0.2, -0.15) is 0 Å². The zero-order chi connectivity index (χ0) is 14.7. The number of hydrogen-bond acceptors (Lipinski definition) is 7. The molecule has 2 aromatic heterocycles. The largest absolute Gasteiger partial charge is 0.444 e. The van der Waals surface area contributed by atoms with Crippen LogP contribution < -0.4 is 16.6 Å². The summed E-state index contributed by atoms with van der Waals surface area (Å²) < 4.78 is 5.51. The third-order valence-electron chi connectivity index (χ3n) is 2.90. The first-order chi connectivity index (χ1) is 9.49. The minimum absolute atomic E-state index is 0.218. The molecular weight excluding hydrogens is 256 g/mol. The van der Waals surface area contributed by atoms with E-state index in [1.807, 2.05) is 27.7 Å². The fourth-order valence-electron chi connectivity index (χ4n) is 1.67. The van der Waals surface area contributed by atoms with Crippen molar-refractivity contribution in [2.24, 2.45) is 5.84 Å². The van der Waals surface area contributed by atoms with Gasteiger partial charge in [0.25, 0.3) is 0 Å². The smallest absolute Gasteiger partial charge is 0.213 e. The molecule has 0 atom stereocenters. The number of anilines is 2. The Morgan fingerprint density at radius 2 is 1.90 bits per heavy atom. The highest BCUT2D eigenvalue weighted by Gasteiger charge is 2.09. The highest BCUT2D eigenvalue weighted by molar-refractivity contribution is 5.47. The molecule has 2 aromatic rings. The lowest BCUT2D eigenvalue weighted by atomic mass is 10.2. The zero-order valence-electron chi connectivity index (χ0n) is 12.2. The number of aryl methyl sites for hydroxylation is 2. The van der Waals surface area contributed by atoms with E-state index in [1.165, 1.54) is 0 Å². The number of aromatic nitrogens is 3. The molecule has 4 N–H and O–H groups in total. The highest BCUT2D eigenvalue weighted by atomic mass is 16.4. The summed E-state index contributed by atoms with van der Waals surface area (Å²) in [6.07, 6.45) is 0. The van der Waals surface area contributed by atoms with Crippen molar-refractivity contribution in [2.75, 3.05) is 10.7 Å². The molecular formula is C13H20N6O. The number of oxazole rings is 1. The van der Waals surface area contributed by atoms with Gasteiger partial charge in [-0.1, -0.05) is 13.8 Å². The minimum Gasteiger partial charge on any atom is -0.444 e. The Hall–Kier alpha value is -2.15. The van der Waals surface area contributed by atoms with Crippen molar-refractivity contribution >= 4 is 11.6 Å². The lowest BCUT2D eigenvalue weighted by molar-refractivity contribution is 0.478. The molecule has 0 saturated carbocycles. The van der Waals surface area contributed by atoms with Crippen LogP contribution in [-0.4, -0.2) is 15.0 Å². The van der Waals surface area contributed by atoms with E-state index in [1.54, 1.807) is 6.07 Å². The molecule has 0 aliphatic carbocycles. The van der Waals surface area contributed by atoms with Crippen LogP contribution in [0.15, 0.2) is 10.5 Å².